The van der Waals surface area contributed by atoms with Crippen LogP contribution in [0.3, 0.4) is 0 Å². The zero-order chi connectivity index (χ0) is 22.3. The maximum absolute atomic E-state index is 11.6. The molecular formula is C23H31N3O4S. The molecule has 1 fully saturated rings. The second-order valence-corrected chi connectivity index (χ2v) is 9.68. The lowest BCUT2D eigenvalue weighted by Crippen LogP contribution is -2.36. The lowest BCUT2D eigenvalue weighted by molar-refractivity contribution is 0.198. The summed E-state index contributed by atoms with van der Waals surface area (Å²) in [5.74, 6) is 2.16. The highest BCUT2D eigenvalue weighted by Gasteiger charge is 2.20. The second-order valence-electron chi connectivity index (χ2n) is 7.67. The van der Waals surface area contributed by atoms with Gasteiger partial charge in [-0.25, -0.2) is 8.42 Å². The van der Waals surface area contributed by atoms with Gasteiger partial charge in [0.2, 0.25) is 0 Å². The summed E-state index contributed by atoms with van der Waals surface area (Å²) in [4.78, 5) is 4.59. The van der Waals surface area contributed by atoms with E-state index in [-0.39, 0.29) is 6.10 Å². The minimum atomic E-state index is -3.19. The molecule has 31 heavy (non-hydrogen) atoms. The fourth-order valence-electron chi connectivity index (χ4n) is 3.61. The van der Waals surface area contributed by atoms with Crippen LogP contribution < -0.4 is 20.1 Å². The number of methoxy groups -OCH3 is 1. The first-order chi connectivity index (χ1) is 14.9. The van der Waals surface area contributed by atoms with E-state index in [9.17, 15) is 8.42 Å². The molecule has 0 radical (unpaired) electrons. The fraction of sp³-hybridized carbons (Fsp3) is 0.435. The van der Waals surface area contributed by atoms with E-state index in [1.807, 2.05) is 18.2 Å². The molecule has 1 aliphatic carbocycles. The zero-order valence-electron chi connectivity index (χ0n) is 18.3. The van der Waals surface area contributed by atoms with Gasteiger partial charge in [0.15, 0.2) is 27.3 Å². The Morgan fingerprint density at radius 2 is 1.74 bits per heavy atom. The summed E-state index contributed by atoms with van der Waals surface area (Å²) in [5, 5.41) is 6.57. The Morgan fingerprint density at radius 1 is 1.06 bits per heavy atom. The predicted molar refractivity (Wildman–Crippen MR) is 122 cm³/mol. The summed E-state index contributed by atoms with van der Waals surface area (Å²) in [6, 6.07) is 12.7. The lowest BCUT2D eigenvalue weighted by atomic mass is 10.1. The average Bonchev–Trinajstić information content (AvgIpc) is 3.27. The predicted octanol–water partition coefficient (Wildman–Crippen LogP) is 3.29. The molecule has 0 unspecified atom stereocenters. The SMILES string of the molecule is CN=C(NCc1ccc(S(C)(=O)=O)cc1)NCc1cccc(OC)c1OC1CCCC1. The first kappa shape index (κ1) is 22.9. The Bertz CT molecular complexity index is 998. The van der Waals surface area contributed by atoms with Crippen molar-refractivity contribution in [2.75, 3.05) is 20.4 Å². The van der Waals surface area contributed by atoms with Gasteiger partial charge in [-0.05, 0) is 49.4 Å². The van der Waals surface area contributed by atoms with Gasteiger partial charge in [-0.1, -0.05) is 24.3 Å². The van der Waals surface area contributed by atoms with Crippen LogP contribution in [0, 0.1) is 0 Å². The number of sulfone groups is 1. The summed E-state index contributed by atoms with van der Waals surface area (Å²) in [6.45, 7) is 1.05. The number of aliphatic imine (C=N–C) groups is 1. The molecule has 3 rings (SSSR count). The molecule has 0 amide bonds. The number of benzene rings is 2. The molecule has 0 heterocycles. The zero-order valence-corrected chi connectivity index (χ0v) is 19.2. The molecule has 7 nitrogen and oxygen atoms in total. The van der Waals surface area contributed by atoms with Crippen LogP contribution in [0.1, 0.15) is 36.8 Å². The average molecular weight is 446 g/mol. The third-order valence-electron chi connectivity index (χ3n) is 5.35. The lowest BCUT2D eigenvalue weighted by Gasteiger charge is -2.20. The highest BCUT2D eigenvalue weighted by atomic mass is 32.2. The molecule has 0 bridgehead atoms. The maximum Gasteiger partial charge on any atom is 0.191 e. The molecule has 1 saturated carbocycles. The summed E-state index contributed by atoms with van der Waals surface area (Å²) in [6.07, 6.45) is 6.00. The van der Waals surface area contributed by atoms with Crippen LogP contribution in [-0.4, -0.2) is 40.9 Å². The van der Waals surface area contributed by atoms with E-state index in [0.717, 1.165) is 35.5 Å². The quantitative estimate of drug-likeness (QED) is 0.479. The Labute approximate surface area is 184 Å². The maximum atomic E-state index is 11.6. The third-order valence-corrected chi connectivity index (χ3v) is 6.48. The van der Waals surface area contributed by atoms with Gasteiger partial charge in [0.25, 0.3) is 0 Å². The summed E-state index contributed by atoms with van der Waals surface area (Å²) >= 11 is 0. The first-order valence-electron chi connectivity index (χ1n) is 10.5. The smallest absolute Gasteiger partial charge is 0.191 e. The van der Waals surface area contributed by atoms with Crippen LogP contribution >= 0.6 is 0 Å². The Balaban J connectivity index is 1.61. The molecule has 0 atom stereocenters. The largest absolute Gasteiger partial charge is 0.493 e. The van der Waals surface area contributed by atoms with Gasteiger partial charge in [0.1, 0.15) is 0 Å². The van der Waals surface area contributed by atoms with Crippen LogP contribution in [-0.2, 0) is 22.9 Å². The normalized spacial score (nSPS) is 15.0. The van der Waals surface area contributed by atoms with Crippen LogP contribution in [0.2, 0.25) is 0 Å². The van der Waals surface area contributed by atoms with Gasteiger partial charge < -0.3 is 20.1 Å². The molecule has 1 aliphatic rings. The van der Waals surface area contributed by atoms with Crippen molar-refractivity contribution in [2.24, 2.45) is 4.99 Å². The molecular weight excluding hydrogens is 414 g/mol. The van der Waals surface area contributed by atoms with Crippen molar-refractivity contribution in [3.8, 4) is 11.5 Å². The summed E-state index contributed by atoms with van der Waals surface area (Å²) in [7, 11) is 0.176. The number of hydrogen-bond donors (Lipinski definition) is 2. The van der Waals surface area contributed by atoms with Crippen molar-refractivity contribution in [1.82, 2.24) is 10.6 Å². The van der Waals surface area contributed by atoms with Gasteiger partial charge >= 0.3 is 0 Å². The highest BCUT2D eigenvalue weighted by Crippen LogP contribution is 2.34. The number of nitrogens with one attached hydrogen (secondary N) is 2. The Hall–Kier alpha value is -2.74. The molecule has 0 aromatic heterocycles. The van der Waals surface area contributed by atoms with Gasteiger partial charge in [-0.2, -0.15) is 0 Å². The van der Waals surface area contributed by atoms with E-state index in [0.29, 0.717) is 23.9 Å². The minimum absolute atomic E-state index is 0.238. The van der Waals surface area contributed by atoms with Crippen molar-refractivity contribution in [1.29, 1.82) is 0 Å². The van der Waals surface area contributed by atoms with Crippen molar-refractivity contribution >= 4 is 15.8 Å². The van der Waals surface area contributed by atoms with Crippen molar-refractivity contribution in [3.63, 3.8) is 0 Å². The van der Waals surface area contributed by atoms with Crippen LogP contribution in [0.5, 0.6) is 11.5 Å². The van der Waals surface area contributed by atoms with Gasteiger partial charge in [0.05, 0.1) is 18.1 Å². The van der Waals surface area contributed by atoms with E-state index in [2.05, 4.69) is 15.6 Å². The van der Waals surface area contributed by atoms with E-state index in [4.69, 9.17) is 9.47 Å². The number of nitrogens with zero attached hydrogens (tertiary/aromatic N) is 1. The van der Waals surface area contributed by atoms with Crippen LogP contribution in [0.15, 0.2) is 52.4 Å². The molecule has 2 aromatic carbocycles. The minimum Gasteiger partial charge on any atom is -0.493 e. The molecule has 0 aliphatic heterocycles. The number of para-hydroxylation sites is 1. The summed E-state index contributed by atoms with van der Waals surface area (Å²) in [5.41, 5.74) is 1.97. The monoisotopic (exact) mass is 445 g/mol. The van der Waals surface area contributed by atoms with Crippen molar-refractivity contribution in [2.45, 2.75) is 49.8 Å². The summed E-state index contributed by atoms with van der Waals surface area (Å²) < 4.78 is 35.0. The molecule has 0 spiro atoms. The Kier molecular flexibility index (Phi) is 7.79. The number of ether oxygens (including phenoxy) is 2. The molecule has 168 valence electrons. The number of rotatable bonds is 8. The van der Waals surface area contributed by atoms with Crippen LogP contribution in [0.4, 0.5) is 0 Å². The van der Waals surface area contributed by atoms with E-state index in [1.54, 1.807) is 38.4 Å². The van der Waals surface area contributed by atoms with Crippen molar-refractivity contribution in [3.05, 3.63) is 53.6 Å². The standard InChI is InChI=1S/C23H31N3O4S/c1-24-23(25-15-17-11-13-20(14-12-17)31(3,27)28)26-16-18-7-6-10-21(29-2)22(18)30-19-8-4-5-9-19/h6-7,10-14,19H,4-5,8-9,15-16H2,1-3H3,(H2,24,25,26). The second kappa shape index (κ2) is 10.5. The van der Waals surface area contributed by atoms with Gasteiger partial charge in [-0.15, -0.1) is 0 Å². The highest BCUT2D eigenvalue weighted by molar-refractivity contribution is 7.90. The number of hydrogen-bond acceptors (Lipinski definition) is 5. The third kappa shape index (κ3) is 6.37. The van der Waals surface area contributed by atoms with E-state index < -0.39 is 9.84 Å². The first-order valence-corrected chi connectivity index (χ1v) is 12.4. The number of guanidine groups is 1. The molecule has 8 heteroatoms. The fourth-order valence-corrected chi connectivity index (χ4v) is 4.24. The Morgan fingerprint density at radius 3 is 2.35 bits per heavy atom. The van der Waals surface area contributed by atoms with Crippen LogP contribution in [0.25, 0.3) is 0 Å². The topological polar surface area (TPSA) is 89.0 Å². The van der Waals surface area contributed by atoms with E-state index >= 15 is 0 Å². The molecule has 0 saturated heterocycles. The molecule has 2 N–H and O–H groups in total. The van der Waals surface area contributed by atoms with Crippen molar-refractivity contribution < 1.29 is 17.9 Å². The van der Waals surface area contributed by atoms with Gasteiger partial charge in [0, 0.05) is 32.0 Å². The molecule has 2 aromatic rings. The van der Waals surface area contributed by atoms with Gasteiger partial charge in [-0.3, -0.25) is 4.99 Å². The van der Waals surface area contributed by atoms with E-state index in [1.165, 1.54) is 19.1 Å².